The van der Waals surface area contributed by atoms with E-state index in [4.69, 9.17) is 0 Å². The van der Waals surface area contributed by atoms with Gasteiger partial charge in [-0.1, -0.05) is 26.0 Å². The number of benzene rings is 1. The van der Waals surface area contributed by atoms with Crippen LogP contribution in [0.2, 0.25) is 0 Å². The molecule has 2 rings (SSSR count). The number of para-hydroxylation sites is 1. The van der Waals surface area contributed by atoms with Crippen molar-refractivity contribution >= 4 is 17.5 Å². The first kappa shape index (κ1) is 13.6. The molecule has 1 N–H and O–H groups in total. The van der Waals surface area contributed by atoms with Crippen molar-refractivity contribution in [1.82, 2.24) is 5.32 Å². The summed E-state index contributed by atoms with van der Waals surface area (Å²) in [6, 6.07) is 6.95. The highest BCUT2D eigenvalue weighted by atomic mass is 16.2. The van der Waals surface area contributed by atoms with Crippen LogP contribution in [0.3, 0.4) is 0 Å². The topological polar surface area (TPSA) is 49.4 Å². The molecule has 1 aliphatic rings. The number of amides is 2. The molecule has 1 atom stereocenters. The Morgan fingerprint density at radius 3 is 2.47 bits per heavy atom. The molecule has 1 aromatic rings. The van der Waals surface area contributed by atoms with Gasteiger partial charge in [0.2, 0.25) is 5.91 Å². The molecule has 0 spiro atoms. The molecule has 0 radical (unpaired) electrons. The smallest absolute Gasteiger partial charge is 0.254 e. The molecule has 0 bridgehead atoms. The Morgan fingerprint density at radius 2 is 1.84 bits per heavy atom. The highest BCUT2D eigenvalue weighted by molar-refractivity contribution is 6.11. The van der Waals surface area contributed by atoms with Gasteiger partial charge < -0.3 is 10.2 Å². The average molecular weight is 260 g/mol. The van der Waals surface area contributed by atoms with Gasteiger partial charge in [0.25, 0.3) is 5.91 Å². The minimum atomic E-state index is -0.486. The van der Waals surface area contributed by atoms with Gasteiger partial charge in [0.1, 0.15) is 6.04 Å². The second-order valence-electron chi connectivity index (χ2n) is 4.89. The van der Waals surface area contributed by atoms with Crippen LogP contribution in [0.5, 0.6) is 0 Å². The number of nitrogens with one attached hydrogen (secondary N) is 1. The lowest BCUT2D eigenvalue weighted by atomic mass is 10.1. The maximum atomic E-state index is 12.5. The molecule has 0 aromatic heterocycles. The second-order valence-corrected chi connectivity index (χ2v) is 4.89. The lowest BCUT2D eigenvalue weighted by Crippen LogP contribution is -2.48. The van der Waals surface area contributed by atoms with Crippen molar-refractivity contribution in [3.05, 3.63) is 29.8 Å². The molecule has 2 amide bonds. The Kier molecular flexibility index (Phi) is 3.88. The van der Waals surface area contributed by atoms with Gasteiger partial charge in [0, 0.05) is 6.04 Å². The fraction of sp³-hybridized carbons (Fsp3) is 0.467. The molecule has 19 heavy (non-hydrogen) atoms. The number of hydrogen-bond donors (Lipinski definition) is 1. The molecule has 1 heterocycles. The third kappa shape index (κ3) is 2.35. The van der Waals surface area contributed by atoms with Gasteiger partial charge >= 0.3 is 0 Å². The van der Waals surface area contributed by atoms with Gasteiger partial charge in [0.05, 0.1) is 11.3 Å². The fourth-order valence-corrected chi connectivity index (χ4v) is 2.57. The van der Waals surface area contributed by atoms with Gasteiger partial charge in [-0.3, -0.25) is 9.59 Å². The average Bonchev–Trinajstić information content (AvgIpc) is 2.51. The molecule has 0 aliphatic carbocycles. The summed E-state index contributed by atoms with van der Waals surface area (Å²) in [5.41, 5.74) is 1.30. The van der Waals surface area contributed by atoms with E-state index in [1.807, 2.05) is 18.2 Å². The first-order chi connectivity index (χ1) is 9.10. The summed E-state index contributed by atoms with van der Waals surface area (Å²) < 4.78 is 0. The summed E-state index contributed by atoms with van der Waals surface area (Å²) >= 11 is 0. The normalized spacial score (nSPS) is 19.2. The molecule has 0 saturated heterocycles. The third-order valence-electron chi connectivity index (χ3n) is 3.67. The van der Waals surface area contributed by atoms with E-state index in [1.165, 1.54) is 0 Å². The van der Waals surface area contributed by atoms with Crippen LogP contribution < -0.4 is 10.2 Å². The Balaban J connectivity index is 2.57. The van der Waals surface area contributed by atoms with Gasteiger partial charge in [0.15, 0.2) is 0 Å². The summed E-state index contributed by atoms with van der Waals surface area (Å²) in [6.07, 6.45) is 1.75. The second kappa shape index (κ2) is 5.43. The predicted octanol–water partition coefficient (Wildman–Crippen LogP) is 2.34. The molecule has 1 unspecified atom stereocenters. The summed E-state index contributed by atoms with van der Waals surface area (Å²) in [6.45, 7) is 5.87. The quantitative estimate of drug-likeness (QED) is 0.907. The lowest BCUT2D eigenvalue weighted by Gasteiger charge is -2.31. The van der Waals surface area contributed by atoms with Crippen molar-refractivity contribution in [2.45, 2.75) is 45.7 Å². The zero-order valence-electron chi connectivity index (χ0n) is 11.6. The standard InChI is InChI=1S/C15H20N2O2/c1-4-11(5-2)17-13-9-7-6-8-12(13)14(18)16-10(3)15(17)19/h6-11H,4-5H2,1-3H3,(H,16,18). The van der Waals surface area contributed by atoms with Gasteiger partial charge in [-0.15, -0.1) is 0 Å². The number of carbonyl (C=O) groups is 2. The highest BCUT2D eigenvalue weighted by Gasteiger charge is 2.33. The number of anilines is 1. The minimum absolute atomic E-state index is 0.0352. The van der Waals surface area contributed by atoms with Crippen LogP contribution in [-0.4, -0.2) is 23.9 Å². The van der Waals surface area contributed by atoms with E-state index >= 15 is 0 Å². The van der Waals surface area contributed by atoms with E-state index in [2.05, 4.69) is 19.2 Å². The van der Waals surface area contributed by atoms with Crippen molar-refractivity contribution in [3.8, 4) is 0 Å². The van der Waals surface area contributed by atoms with Crippen LogP contribution in [0.4, 0.5) is 5.69 Å². The monoisotopic (exact) mass is 260 g/mol. The Hall–Kier alpha value is -1.84. The first-order valence-electron chi connectivity index (χ1n) is 6.83. The maximum Gasteiger partial charge on any atom is 0.254 e. The van der Waals surface area contributed by atoms with E-state index in [0.29, 0.717) is 5.56 Å². The van der Waals surface area contributed by atoms with Crippen LogP contribution >= 0.6 is 0 Å². The van der Waals surface area contributed by atoms with Crippen LogP contribution in [0, 0.1) is 0 Å². The number of carbonyl (C=O) groups excluding carboxylic acids is 2. The molecule has 0 saturated carbocycles. The SMILES string of the molecule is CCC(CC)N1C(=O)C(C)NC(=O)c2ccccc21. The Morgan fingerprint density at radius 1 is 1.21 bits per heavy atom. The molecule has 4 nitrogen and oxygen atoms in total. The highest BCUT2D eigenvalue weighted by Crippen LogP contribution is 2.28. The van der Waals surface area contributed by atoms with Crippen LogP contribution in [0.1, 0.15) is 44.0 Å². The van der Waals surface area contributed by atoms with E-state index < -0.39 is 6.04 Å². The van der Waals surface area contributed by atoms with Crippen molar-refractivity contribution in [3.63, 3.8) is 0 Å². The van der Waals surface area contributed by atoms with E-state index in [1.54, 1.807) is 17.9 Å². The first-order valence-corrected chi connectivity index (χ1v) is 6.83. The number of hydrogen-bond acceptors (Lipinski definition) is 2. The van der Waals surface area contributed by atoms with Crippen molar-refractivity contribution in [1.29, 1.82) is 0 Å². The number of nitrogens with zero attached hydrogens (tertiary/aromatic N) is 1. The van der Waals surface area contributed by atoms with E-state index in [9.17, 15) is 9.59 Å². The predicted molar refractivity (Wildman–Crippen MR) is 75.2 cm³/mol. The lowest BCUT2D eigenvalue weighted by molar-refractivity contribution is -0.120. The van der Waals surface area contributed by atoms with Crippen LogP contribution in [-0.2, 0) is 4.79 Å². The molecule has 102 valence electrons. The Labute approximate surface area is 113 Å². The van der Waals surface area contributed by atoms with E-state index in [0.717, 1.165) is 18.5 Å². The summed E-state index contributed by atoms with van der Waals surface area (Å²) in [4.78, 5) is 26.4. The zero-order chi connectivity index (χ0) is 14.0. The third-order valence-corrected chi connectivity index (χ3v) is 3.67. The number of fused-ring (bicyclic) bond motifs is 1. The van der Waals surface area contributed by atoms with E-state index in [-0.39, 0.29) is 17.9 Å². The number of rotatable bonds is 3. The summed E-state index contributed by atoms with van der Waals surface area (Å²) in [5, 5.41) is 2.75. The summed E-state index contributed by atoms with van der Waals surface area (Å²) in [7, 11) is 0. The largest absolute Gasteiger partial charge is 0.340 e. The maximum absolute atomic E-state index is 12.5. The van der Waals surface area contributed by atoms with Crippen molar-refractivity contribution in [2.75, 3.05) is 4.90 Å². The molecular weight excluding hydrogens is 240 g/mol. The van der Waals surface area contributed by atoms with Gasteiger partial charge in [-0.25, -0.2) is 0 Å². The van der Waals surface area contributed by atoms with Crippen LogP contribution in [0.25, 0.3) is 0 Å². The minimum Gasteiger partial charge on any atom is -0.340 e. The molecular formula is C15H20N2O2. The molecule has 0 fully saturated rings. The summed E-state index contributed by atoms with van der Waals surface area (Å²) in [5.74, 6) is -0.211. The van der Waals surface area contributed by atoms with Crippen LogP contribution in [0.15, 0.2) is 24.3 Å². The van der Waals surface area contributed by atoms with Gasteiger partial charge in [-0.05, 0) is 31.9 Å². The van der Waals surface area contributed by atoms with Crippen molar-refractivity contribution < 1.29 is 9.59 Å². The zero-order valence-corrected chi connectivity index (χ0v) is 11.6. The van der Waals surface area contributed by atoms with Gasteiger partial charge in [-0.2, -0.15) is 0 Å². The fourth-order valence-electron chi connectivity index (χ4n) is 2.57. The molecule has 1 aromatic carbocycles. The Bertz CT molecular complexity index is 495. The molecule has 4 heteroatoms. The molecule has 1 aliphatic heterocycles. The van der Waals surface area contributed by atoms with Crippen molar-refractivity contribution in [2.24, 2.45) is 0 Å².